The zero-order chi connectivity index (χ0) is 36.3. The number of amides is 3. The number of hydrogen-bond donors (Lipinski definition) is 6. The van der Waals surface area contributed by atoms with E-state index < -0.39 is 53.0 Å². The van der Waals surface area contributed by atoms with Gasteiger partial charge in [0.2, 0.25) is 13.9 Å². The van der Waals surface area contributed by atoms with E-state index in [0.29, 0.717) is 52.1 Å². The Balaban J connectivity index is 1.58. The summed E-state index contributed by atoms with van der Waals surface area (Å²) in [5, 5.41) is 7.98. The topological polar surface area (TPSA) is 222 Å². The maximum atomic E-state index is 13.8. The van der Waals surface area contributed by atoms with Gasteiger partial charge in [0.1, 0.15) is 18.3 Å². The molecule has 0 aliphatic carbocycles. The number of hydrogen-bond acceptors (Lipinski definition) is 12. The van der Waals surface area contributed by atoms with Crippen LogP contribution in [-0.4, -0.2) is 112 Å². The van der Waals surface area contributed by atoms with Crippen LogP contribution in [0, 0.1) is 5.92 Å². The Hall–Kier alpha value is -3.01. The molecule has 6 N–H and O–H groups in total. The Labute approximate surface area is 295 Å². The lowest BCUT2D eigenvalue weighted by Crippen LogP contribution is -2.56. The van der Waals surface area contributed by atoms with Gasteiger partial charge in [-0.3, -0.25) is 24.0 Å². The molecule has 3 rings (SSSR count). The second-order valence-electron chi connectivity index (χ2n) is 12.3. The number of alkyl carbamates (subject to hydrolysis) is 1. The van der Waals surface area contributed by atoms with Crippen molar-refractivity contribution in [3.05, 3.63) is 60.2 Å². The van der Waals surface area contributed by atoms with Gasteiger partial charge in [-0.15, -0.1) is 0 Å². The van der Waals surface area contributed by atoms with Gasteiger partial charge in [-0.05, 0) is 56.7 Å². The Bertz CT molecular complexity index is 1320. The van der Waals surface area contributed by atoms with E-state index in [1.807, 2.05) is 35.6 Å². The highest BCUT2D eigenvalue weighted by atomic mass is 31.2. The summed E-state index contributed by atoms with van der Waals surface area (Å²) < 4.78 is 28.8. The quantitative estimate of drug-likeness (QED) is 0.114. The zero-order valence-electron chi connectivity index (χ0n) is 28.5. The van der Waals surface area contributed by atoms with Crippen molar-refractivity contribution in [1.82, 2.24) is 30.8 Å². The predicted molar refractivity (Wildman–Crippen MR) is 188 cm³/mol. The number of nitrogens with one attached hydrogen (secondary N) is 3. The summed E-state index contributed by atoms with van der Waals surface area (Å²) in [7, 11) is -6.92. The van der Waals surface area contributed by atoms with E-state index in [1.165, 1.54) is 18.6 Å². The first kappa shape index (κ1) is 41.4. The fourth-order valence-electron chi connectivity index (χ4n) is 5.27. The fraction of sp³-hybridized carbons (Fsp3) is 0.581. The van der Waals surface area contributed by atoms with E-state index in [1.54, 1.807) is 0 Å². The summed E-state index contributed by atoms with van der Waals surface area (Å²) in [6.07, 6.45) is 7.05. The van der Waals surface area contributed by atoms with Gasteiger partial charge in [0, 0.05) is 38.6 Å². The zero-order valence-corrected chi connectivity index (χ0v) is 30.4. The molecular formula is C31H49BN6O10P2. The maximum absolute atomic E-state index is 13.8. The van der Waals surface area contributed by atoms with Crippen molar-refractivity contribution in [2.45, 2.75) is 69.9 Å². The molecule has 0 saturated carbocycles. The Morgan fingerprint density at radius 2 is 1.70 bits per heavy atom. The molecule has 16 nitrogen and oxygen atoms in total. The van der Waals surface area contributed by atoms with Crippen molar-refractivity contribution >= 4 is 41.4 Å². The highest BCUT2D eigenvalue weighted by Gasteiger charge is 2.35. The summed E-state index contributed by atoms with van der Waals surface area (Å²) in [6.45, 7) is 6.72. The molecule has 50 heavy (non-hydrogen) atoms. The Morgan fingerprint density at radius 3 is 2.28 bits per heavy atom. The monoisotopic (exact) mass is 738 g/mol. The van der Waals surface area contributed by atoms with Crippen molar-refractivity contribution in [2.75, 3.05) is 39.5 Å². The first-order chi connectivity index (χ1) is 24.0. The molecule has 1 fully saturated rings. The second-order valence-corrected chi connectivity index (χ2v) is 15.2. The van der Waals surface area contributed by atoms with Crippen LogP contribution >= 0.6 is 16.4 Å². The normalized spacial score (nSPS) is 17.5. The van der Waals surface area contributed by atoms with Crippen LogP contribution in [0.5, 0.6) is 0 Å². The number of carbonyl (C=O) groups excluding carboxylic acids is 3. The molecule has 2 aromatic rings. The second kappa shape index (κ2) is 22.7. The summed E-state index contributed by atoms with van der Waals surface area (Å²) in [5.41, 5.74) is -0.659. The summed E-state index contributed by atoms with van der Waals surface area (Å²) in [6, 6.07) is 8.54. The lowest BCUT2D eigenvalue weighted by atomic mass is 9.73. The van der Waals surface area contributed by atoms with Gasteiger partial charge >= 0.3 is 13.2 Å². The first-order valence-corrected chi connectivity index (χ1v) is 19.5. The number of rotatable bonds is 15. The van der Waals surface area contributed by atoms with Gasteiger partial charge in [-0.1, -0.05) is 44.2 Å². The van der Waals surface area contributed by atoms with Crippen LogP contribution in [-0.2, 0) is 29.8 Å². The van der Waals surface area contributed by atoms with E-state index >= 15 is 0 Å². The van der Waals surface area contributed by atoms with E-state index in [-0.39, 0.29) is 30.5 Å². The van der Waals surface area contributed by atoms with Gasteiger partial charge in [-0.2, -0.15) is 0 Å². The first-order valence-electron chi connectivity index (χ1n) is 16.7. The minimum absolute atomic E-state index is 0.00974. The number of carbonyl (C=O) groups is 3. The summed E-state index contributed by atoms with van der Waals surface area (Å²) >= 11 is 0. The molecule has 1 aromatic heterocycles. The van der Waals surface area contributed by atoms with Gasteiger partial charge in [0.25, 0.3) is 5.91 Å². The van der Waals surface area contributed by atoms with Crippen LogP contribution in [0.1, 0.15) is 62.0 Å². The SMILES string of the molecule is CC(C)C[C@@H](NC(=O)[C@@H](Cc1ccccc1)NC(=O)c1cnccn1)B1OCCCCN(CCOC(=O)NC(P(O)O)[PH](=O)O)CCCCO1. The van der Waals surface area contributed by atoms with Crippen molar-refractivity contribution in [2.24, 2.45) is 5.92 Å². The molecule has 3 amide bonds. The third-order valence-electron chi connectivity index (χ3n) is 7.74. The van der Waals surface area contributed by atoms with Crippen LogP contribution in [0.25, 0.3) is 0 Å². The third kappa shape index (κ3) is 15.5. The fourth-order valence-corrected chi connectivity index (χ4v) is 6.52. The molecule has 1 aromatic carbocycles. The molecular weight excluding hydrogens is 689 g/mol. The van der Waals surface area contributed by atoms with Crippen LogP contribution in [0.2, 0.25) is 0 Å². The van der Waals surface area contributed by atoms with Gasteiger partial charge in [-0.25, -0.2) is 9.78 Å². The van der Waals surface area contributed by atoms with Crippen molar-refractivity contribution in [3.63, 3.8) is 0 Å². The number of ether oxygens (including phenoxy) is 1. The minimum Gasteiger partial charge on any atom is -0.448 e. The molecule has 0 radical (unpaired) electrons. The average Bonchev–Trinajstić information content (AvgIpc) is 3.08. The molecule has 276 valence electrons. The summed E-state index contributed by atoms with van der Waals surface area (Å²) in [5.74, 6) is -1.14. The summed E-state index contributed by atoms with van der Waals surface area (Å²) in [4.78, 5) is 76.6. The molecule has 4 atom stereocenters. The molecule has 19 heteroatoms. The molecule has 2 heterocycles. The molecule has 0 spiro atoms. The van der Waals surface area contributed by atoms with Crippen LogP contribution in [0.3, 0.4) is 0 Å². The maximum Gasteiger partial charge on any atom is 0.480 e. The van der Waals surface area contributed by atoms with E-state index in [9.17, 15) is 33.6 Å². The number of benzene rings is 1. The van der Waals surface area contributed by atoms with Crippen molar-refractivity contribution < 1.29 is 47.7 Å². The molecule has 1 saturated heterocycles. The standard InChI is InChI=1S/C31H49BN6O10P2/c1-23(2)20-27(36-28(39)25(21-24-10-4-3-5-11-24)35-29(40)26-22-33-12-13-34-26)32-47-17-8-6-14-38(15-7-9-18-48-32)16-19-46-30(41)37-31(49(42)43)50(44)45/h3-5,10-13,22-23,25,27,31,42-43,50H,6-9,14-21H2,1-2H3,(H,35,40)(H,36,39)(H,37,41)(H,44,45)/t25-,27-,31?/m1/s1. The van der Waals surface area contributed by atoms with Crippen LogP contribution in [0.4, 0.5) is 4.79 Å². The molecule has 1 aliphatic heterocycles. The number of nitrogens with zero attached hydrogens (tertiary/aromatic N) is 3. The van der Waals surface area contributed by atoms with Gasteiger partial charge in [0.05, 0.1) is 12.1 Å². The predicted octanol–water partition coefficient (Wildman–Crippen LogP) is 2.06. The van der Waals surface area contributed by atoms with Crippen LogP contribution < -0.4 is 16.0 Å². The Morgan fingerprint density at radius 1 is 1.02 bits per heavy atom. The van der Waals surface area contributed by atoms with Crippen LogP contribution in [0.15, 0.2) is 48.9 Å². The smallest absolute Gasteiger partial charge is 0.448 e. The highest BCUT2D eigenvalue weighted by Crippen LogP contribution is 2.42. The highest BCUT2D eigenvalue weighted by molar-refractivity contribution is 7.61. The lowest BCUT2D eigenvalue weighted by molar-refractivity contribution is -0.123. The third-order valence-corrected chi connectivity index (χ3v) is 10.3. The van der Waals surface area contributed by atoms with E-state index in [4.69, 9.17) is 14.0 Å². The number of aromatic nitrogens is 2. The lowest BCUT2D eigenvalue weighted by Gasteiger charge is -2.29. The Kier molecular flexibility index (Phi) is 18.8. The average molecular weight is 739 g/mol. The van der Waals surface area contributed by atoms with Gasteiger partial charge < -0.3 is 44.7 Å². The van der Waals surface area contributed by atoms with Crippen molar-refractivity contribution in [1.29, 1.82) is 0 Å². The van der Waals surface area contributed by atoms with E-state index in [0.717, 1.165) is 18.4 Å². The molecule has 1 aliphatic rings. The largest absolute Gasteiger partial charge is 0.480 e. The van der Waals surface area contributed by atoms with Gasteiger partial charge in [0.15, 0.2) is 13.9 Å². The van der Waals surface area contributed by atoms with E-state index in [2.05, 4.69) is 39.3 Å². The molecule has 2 unspecified atom stereocenters. The molecule has 0 bridgehead atoms. The minimum atomic E-state index is -3.39. The van der Waals surface area contributed by atoms with Crippen molar-refractivity contribution in [3.8, 4) is 0 Å².